The van der Waals surface area contributed by atoms with Gasteiger partial charge in [-0.3, -0.25) is 0 Å². The molecule has 0 aliphatic carbocycles. The summed E-state index contributed by atoms with van der Waals surface area (Å²) >= 11 is 3.49. The van der Waals surface area contributed by atoms with Gasteiger partial charge in [0, 0.05) is 28.8 Å². The second kappa shape index (κ2) is 2.59. The first kappa shape index (κ1) is 7.80. The number of aryl methyl sites for hydroxylation is 2. The maximum atomic E-state index is 4.30. The fourth-order valence-electron chi connectivity index (χ4n) is 1.31. The summed E-state index contributed by atoms with van der Waals surface area (Å²) in [7, 11) is 2.02. The molecule has 62 valence electrons. The zero-order chi connectivity index (χ0) is 8.72. The molecule has 0 atom stereocenters. The molecule has 0 aliphatic heterocycles. The Balaban J connectivity index is 2.95. The van der Waals surface area contributed by atoms with E-state index in [1.54, 1.807) is 0 Å². The van der Waals surface area contributed by atoms with Gasteiger partial charge in [0.1, 0.15) is 5.65 Å². The van der Waals surface area contributed by atoms with Crippen LogP contribution in [0.25, 0.3) is 11.0 Å². The van der Waals surface area contributed by atoms with Crippen LogP contribution in [0.2, 0.25) is 0 Å². The molecule has 12 heavy (non-hydrogen) atoms. The third-order valence-corrected chi connectivity index (χ3v) is 2.81. The summed E-state index contributed by atoms with van der Waals surface area (Å²) in [6, 6.07) is 4.09. The quantitative estimate of drug-likeness (QED) is 0.673. The summed E-state index contributed by atoms with van der Waals surface area (Å²) in [6.45, 7) is 2.08. The molecule has 2 nitrogen and oxygen atoms in total. The van der Waals surface area contributed by atoms with Crippen molar-refractivity contribution in [2.75, 3.05) is 0 Å². The number of hydrogen-bond acceptors (Lipinski definition) is 1. The van der Waals surface area contributed by atoms with Crippen molar-refractivity contribution in [1.29, 1.82) is 0 Å². The Bertz CT molecular complexity index is 431. The van der Waals surface area contributed by atoms with Crippen molar-refractivity contribution >= 4 is 27.0 Å². The van der Waals surface area contributed by atoms with Crippen LogP contribution >= 0.6 is 15.9 Å². The van der Waals surface area contributed by atoms with E-state index in [1.807, 2.05) is 19.3 Å². The lowest BCUT2D eigenvalue weighted by molar-refractivity contribution is 0.902. The fourth-order valence-corrected chi connectivity index (χ4v) is 1.72. The topological polar surface area (TPSA) is 17.8 Å². The monoisotopic (exact) mass is 224 g/mol. The molecule has 0 saturated heterocycles. The number of rotatable bonds is 0. The van der Waals surface area contributed by atoms with Gasteiger partial charge in [-0.2, -0.15) is 0 Å². The van der Waals surface area contributed by atoms with E-state index in [0.717, 1.165) is 10.1 Å². The minimum Gasteiger partial charge on any atom is -0.333 e. The molecule has 0 aliphatic rings. The highest BCUT2D eigenvalue weighted by Crippen LogP contribution is 2.23. The summed E-state index contributed by atoms with van der Waals surface area (Å²) in [5.41, 5.74) is 2.26. The van der Waals surface area contributed by atoms with Gasteiger partial charge in [0.25, 0.3) is 0 Å². The summed E-state index contributed by atoms with van der Waals surface area (Å²) in [5, 5.41) is 1.18. The molecule has 2 heterocycles. The van der Waals surface area contributed by atoms with Crippen LogP contribution in [0.3, 0.4) is 0 Å². The van der Waals surface area contributed by atoms with E-state index in [1.165, 1.54) is 11.1 Å². The smallest absolute Gasteiger partial charge is 0.140 e. The molecule has 0 N–H and O–H groups in total. The predicted octanol–water partition coefficient (Wildman–Crippen LogP) is 2.64. The van der Waals surface area contributed by atoms with Gasteiger partial charge in [-0.25, -0.2) is 4.98 Å². The Morgan fingerprint density at radius 1 is 1.50 bits per heavy atom. The molecule has 0 unspecified atom stereocenters. The van der Waals surface area contributed by atoms with E-state index in [2.05, 4.69) is 38.5 Å². The zero-order valence-electron chi connectivity index (χ0n) is 7.00. The molecule has 2 aromatic rings. The summed E-state index contributed by atoms with van der Waals surface area (Å²) < 4.78 is 3.19. The van der Waals surface area contributed by atoms with Crippen molar-refractivity contribution in [3.05, 3.63) is 28.5 Å². The second-order valence-electron chi connectivity index (χ2n) is 2.87. The zero-order valence-corrected chi connectivity index (χ0v) is 8.59. The normalized spacial score (nSPS) is 10.9. The Morgan fingerprint density at radius 2 is 2.25 bits per heavy atom. The van der Waals surface area contributed by atoms with Crippen molar-refractivity contribution in [1.82, 2.24) is 9.55 Å². The summed E-state index contributed by atoms with van der Waals surface area (Å²) in [6.07, 6.45) is 1.81. The van der Waals surface area contributed by atoms with Crippen molar-refractivity contribution in [3.63, 3.8) is 0 Å². The molecule has 0 amide bonds. The highest BCUT2D eigenvalue weighted by molar-refractivity contribution is 9.10. The standard InChI is InChI=1S/C9H9BrN2/c1-6-5-7-8(10)3-4-11-9(7)12(6)2/h3-5H,1-2H3. The molecule has 0 saturated carbocycles. The molecular weight excluding hydrogens is 216 g/mol. The van der Waals surface area contributed by atoms with Gasteiger partial charge in [0.05, 0.1) is 0 Å². The SMILES string of the molecule is Cc1cc2c(Br)ccnc2n1C. The minimum atomic E-state index is 1.03. The highest BCUT2D eigenvalue weighted by atomic mass is 79.9. The molecule has 2 aromatic heterocycles. The van der Waals surface area contributed by atoms with Gasteiger partial charge >= 0.3 is 0 Å². The Kier molecular flexibility index (Phi) is 1.68. The third-order valence-electron chi connectivity index (χ3n) is 2.12. The molecule has 0 fully saturated rings. The number of aromatic nitrogens is 2. The van der Waals surface area contributed by atoms with Gasteiger partial charge in [-0.1, -0.05) is 0 Å². The van der Waals surface area contributed by atoms with Gasteiger partial charge in [-0.15, -0.1) is 0 Å². The Hall–Kier alpha value is -0.830. The first-order valence-electron chi connectivity index (χ1n) is 3.76. The van der Waals surface area contributed by atoms with E-state index < -0.39 is 0 Å². The molecule has 3 heteroatoms. The van der Waals surface area contributed by atoms with E-state index in [-0.39, 0.29) is 0 Å². The molecule has 0 spiro atoms. The number of nitrogens with zero attached hydrogens (tertiary/aromatic N) is 2. The lowest BCUT2D eigenvalue weighted by atomic mass is 10.3. The second-order valence-corrected chi connectivity index (χ2v) is 3.73. The van der Waals surface area contributed by atoms with Crippen LogP contribution in [0, 0.1) is 6.92 Å². The Labute approximate surface area is 79.3 Å². The number of halogens is 1. The summed E-state index contributed by atoms with van der Waals surface area (Å²) in [4.78, 5) is 4.30. The highest BCUT2D eigenvalue weighted by Gasteiger charge is 2.04. The summed E-state index contributed by atoms with van der Waals surface area (Å²) in [5.74, 6) is 0. The van der Waals surface area contributed by atoms with E-state index >= 15 is 0 Å². The minimum absolute atomic E-state index is 1.03. The lowest BCUT2D eigenvalue weighted by Gasteiger charge is -1.96. The first-order chi connectivity index (χ1) is 5.70. The molecule has 0 radical (unpaired) electrons. The van der Waals surface area contributed by atoms with E-state index in [0.29, 0.717) is 0 Å². The molecular formula is C9H9BrN2. The van der Waals surface area contributed by atoms with E-state index in [4.69, 9.17) is 0 Å². The lowest BCUT2D eigenvalue weighted by Crippen LogP contribution is -1.91. The third kappa shape index (κ3) is 0.966. The number of pyridine rings is 1. The molecule has 0 bridgehead atoms. The maximum absolute atomic E-state index is 4.30. The number of hydrogen-bond donors (Lipinski definition) is 0. The van der Waals surface area contributed by atoms with Gasteiger partial charge in [0.15, 0.2) is 0 Å². The van der Waals surface area contributed by atoms with Gasteiger partial charge in [0.2, 0.25) is 0 Å². The average Bonchev–Trinajstić information content (AvgIpc) is 2.32. The van der Waals surface area contributed by atoms with Crippen LogP contribution in [0.4, 0.5) is 0 Å². The first-order valence-corrected chi connectivity index (χ1v) is 4.56. The van der Waals surface area contributed by atoms with Crippen LogP contribution in [-0.2, 0) is 7.05 Å². The van der Waals surface area contributed by atoms with Crippen molar-refractivity contribution in [3.8, 4) is 0 Å². The van der Waals surface area contributed by atoms with Crippen LogP contribution in [0.15, 0.2) is 22.8 Å². The fraction of sp³-hybridized carbons (Fsp3) is 0.222. The van der Waals surface area contributed by atoms with Gasteiger partial charge in [-0.05, 0) is 35.0 Å². The van der Waals surface area contributed by atoms with Crippen LogP contribution in [0.5, 0.6) is 0 Å². The molecule has 0 aromatic carbocycles. The van der Waals surface area contributed by atoms with E-state index in [9.17, 15) is 0 Å². The van der Waals surface area contributed by atoms with Crippen LogP contribution in [0.1, 0.15) is 5.69 Å². The maximum Gasteiger partial charge on any atom is 0.140 e. The van der Waals surface area contributed by atoms with Gasteiger partial charge < -0.3 is 4.57 Å². The largest absolute Gasteiger partial charge is 0.333 e. The van der Waals surface area contributed by atoms with Crippen molar-refractivity contribution < 1.29 is 0 Å². The Morgan fingerprint density at radius 3 is 2.92 bits per heavy atom. The predicted molar refractivity (Wildman–Crippen MR) is 53.2 cm³/mol. The number of fused-ring (bicyclic) bond motifs is 1. The van der Waals surface area contributed by atoms with Crippen LogP contribution < -0.4 is 0 Å². The van der Waals surface area contributed by atoms with Crippen molar-refractivity contribution in [2.45, 2.75) is 6.92 Å². The average molecular weight is 225 g/mol. The van der Waals surface area contributed by atoms with Crippen molar-refractivity contribution in [2.24, 2.45) is 7.05 Å². The van der Waals surface area contributed by atoms with Crippen LogP contribution in [-0.4, -0.2) is 9.55 Å². The molecule has 2 rings (SSSR count).